The molecule has 1 aromatic heterocycles. The summed E-state index contributed by atoms with van der Waals surface area (Å²) in [5.74, 6) is 1.52. The highest BCUT2D eigenvalue weighted by Crippen LogP contribution is 2.31. The zero-order chi connectivity index (χ0) is 17.6. The lowest BCUT2D eigenvalue weighted by Gasteiger charge is -2.17. The van der Waals surface area contributed by atoms with Gasteiger partial charge in [-0.15, -0.1) is 0 Å². The zero-order valence-electron chi connectivity index (χ0n) is 15.0. The fourth-order valence-corrected chi connectivity index (χ4v) is 2.93. The first-order valence-electron chi connectivity index (χ1n) is 8.68. The van der Waals surface area contributed by atoms with Gasteiger partial charge in [0.25, 0.3) is 0 Å². The summed E-state index contributed by atoms with van der Waals surface area (Å²) >= 11 is 0. The van der Waals surface area contributed by atoms with Gasteiger partial charge in [0.05, 0.1) is 18.9 Å². The van der Waals surface area contributed by atoms with Gasteiger partial charge in [-0.05, 0) is 68.2 Å². The summed E-state index contributed by atoms with van der Waals surface area (Å²) in [4.78, 5) is 8.95. The number of ether oxygens (including phenoxy) is 2. The first-order chi connectivity index (χ1) is 12.2. The Labute approximate surface area is 149 Å². The summed E-state index contributed by atoms with van der Waals surface area (Å²) in [6, 6.07) is 10.0. The third kappa shape index (κ3) is 4.27. The van der Waals surface area contributed by atoms with Gasteiger partial charge in [-0.3, -0.25) is 9.98 Å². The van der Waals surface area contributed by atoms with Crippen LogP contribution in [0.1, 0.15) is 37.8 Å². The van der Waals surface area contributed by atoms with Crippen molar-refractivity contribution in [3.8, 4) is 11.5 Å². The summed E-state index contributed by atoms with van der Waals surface area (Å²) < 4.78 is 11.3. The Morgan fingerprint density at radius 3 is 2.76 bits per heavy atom. The Bertz CT molecular complexity index is 780. The molecular weight excluding hydrogens is 312 g/mol. The lowest BCUT2D eigenvalue weighted by Crippen LogP contribution is -2.12. The molecule has 1 aliphatic rings. The number of aromatic nitrogens is 1. The molecule has 1 aliphatic heterocycles. The Morgan fingerprint density at radius 2 is 2.04 bits per heavy atom. The highest BCUT2D eigenvalue weighted by Gasteiger charge is 2.15. The summed E-state index contributed by atoms with van der Waals surface area (Å²) in [5.41, 5.74) is 4.43. The van der Waals surface area contributed by atoms with Crippen molar-refractivity contribution in [2.75, 3.05) is 13.7 Å². The van der Waals surface area contributed by atoms with Gasteiger partial charge in [-0.2, -0.15) is 0 Å². The molecule has 4 nitrogen and oxygen atoms in total. The Balaban J connectivity index is 1.93. The van der Waals surface area contributed by atoms with Crippen LogP contribution >= 0.6 is 0 Å². The van der Waals surface area contributed by atoms with Crippen LogP contribution in [0, 0.1) is 0 Å². The van der Waals surface area contributed by atoms with Gasteiger partial charge in [0, 0.05) is 24.5 Å². The van der Waals surface area contributed by atoms with Crippen LogP contribution < -0.4 is 9.47 Å². The quantitative estimate of drug-likeness (QED) is 0.805. The molecule has 0 N–H and O–H groups in total. The molecule has 25 heavy (non-hydrogen) atoms. The van der Waals surface area contributed by atoms with Crippen LogP contribution in [-0.2, 0) is 0 Å². The third-order valence-corrected chi connectivity index (χ3v) is 4.00. The number of rotatable bonds is 5. The SMILES string of the molecule is COc1cc(C=C2CCCN=C2c2cccnc2)ccc1OC(C)C. The molecule has 0 spiro atoms. The number of hydrogen-bond donors (Lipinski definition) is 0. The largest absolute Gasteiger partial charge is 0.493 e. The van der Waals surface area contributed by atoms with Crippen LogP contribution in [0.2, 0.25) is 0 Å². The van der Waals surface area contributed by atoms with Crippen LogP contribution in [0.25, 0.3) is 6.08 Å². The predicted molar refractivity (Wildman–Crippen MR) is 102 cm³/mol. The first-order valence-corrected chi connectivity index (χ1v) is 8.68. The molecule has 0 aliphatic carbocycles. The molecule has 4 heteroatoms. The Kier molecular flexibility index (Phi) is 5.49. The van der Waals surface area contributed by atoms with Crippen molar-refractivity contribution in [2.24, 2.45) is 4.99 Å². The average Bonchev–Trinajstić information content (AvgIpc) is 2.64. The van der Waals surface area contributed by atoms with Crippen molar-refractivity contribution in [1.82, 2.24) is 4.98 Å². The van der Waals surface area contributed by atoms with Crippen molar-refractivity contribution in [3.63, 3.8) is 0 Å². The van der Waals surface area contributed by atoms with E-state index in [-0.39, 0.29) is 6.10 Å². The molecule has 0 amide bonds. The van der Waals surface area contributed by atoms with E-state index in [1.54, 1.807) is 13.3 Å². The van der Waals surface area contributed by atoms with Gasteiger partial charge >= 0.3 is 0 Å². The van der Waals surface area contributed by atoms with Crippen LogP contribution in [-0.4, -0.2) is 30.5 Å². The van der Waals surface area contributed by atoms with Gasteiger partial charge in [0.1, 0.15) is 0 Å². The predicted octanol–water partition coefficient (Wildman–Crippen LogP) is 4.54. The van der Waals surface area contributed by atoms with E-state index in [1.807, 2.05) is 38.2 Å². The Hall–Kier alpha value is -2.62. The molecule has 3 rings (SSSR count). The fraction of sp³-hybridized carbons (Fsp3) is 0.333. The number of hydrogen-bond acceptors (Lipinski definition) is 4. The van der Waals surface area contributed by atoms with E-state index in [0.29, 0.717) is 0 Å². The number of benzene rings is 1. The van der Waals surface area contributed by atoms with Crippen molar-refractivity contribution < 1.29 is 9.47 Å². The summed E-state index contributed by atoms with van der Waals surface area (Å²) in [5, 5.41) is 0. The number of pyridine rings is 1. The van der Waals surface area contributed by atoms with E-state index >= 15 is 0 Å². The smallest absolute Gasteiger partial charge is 0.161 e. The fourth-order valence-electron chi connectivity index (χ4n) is 2.93. The monoisotopic (exact) mass is 336 g/mol. The van der Waals surface area contributed by atoms with E-state index in [9.17, 15) is 0 Å². The molecule has 1 aromatic carbocycles. The minimum Gasteiger partial charge on any atom is -0.493 e. The minimum absolute atomic E-state index is 0.112. The van der Waals surface area contributed by atoms with Crippen LogP contribution in [0.3, 0.4) is 0 Å². The molecule has 0 bridgehead atoms. The molecular formula is C21H24N2O2. The molecule has 2 aromatic rings. The molecule has 0 fully saturated rings. The van der Waals surface area contributed by atoms with E-state index < -0.39 is 0 Å². The third-order valence-electron chi connectivity index (χ3n) is 4.00. The molecule has 0 unspecified atom stereocenters. The maximum Gasteiger partial charge on any atom is 0.161 e. The van der Waals surface area contributed by atoms with Gasteiger partial charge in [-0.25, -0.2) is 0 Å². The van der Waals surface area contributed by atoms with Crippen molar-refractivity contribution in [3.05, 3.63) is 59.4 Å². The number of methoxy groups -OCH3 is 1. The van der Waals surface area contributed by atoms with Crippen LogP contribution in [0.15, 0.2) is 53.3 Å². The number of nitrogens with zero attached hydrogens (tertiary/aromatic N) is 2. The number of aliphatic imine (C=N–C) groups is 1. The highest BCUT2D eigenvalue weighted by molar-refractivity contribution is 6.15. The second kappa shape index (κ2) is 7.97. The average molecular weight is 336 g/mol. The lowest BCUT2D eigenvalue weighted by molar-refractivity contribution is 0.230. The molecule has 130 valence electrons. The summed E-state index contributed by atoms with van der Waals surface area (Å²) in [7, 11) is 1.67. The van der Waals surface area contributed by atoms with E-state index in [1.165, 1.54) is 5.57 Å². The lowest BCUT2D eigenvalue weighted by atomic mass is 9.95. The van der Waals surface area contributed by atoms with Gasteiger partial charge in [-0.1, -0.05) is 6.07 Å². The molecule has 0 atom stereocenters. The van der Waals surface area contributed by atoms with E-state index in [0.717, 1.165) is 47.7 Å². The zero-order valence-corrected chi connectivity index (χ0v) is 15.0. The van der Waals surface area contributed by atoms with Gasteiger partial charge in [0.2, 0.25) is 0 Å². The second-order valence-corrected chi connectivity index (χ2v) is 6.32. The molecule has 0 saturated heterocycles. The number of allylic oxidation sites excluding steroid dienone is 1. The molecule has 0 radical (unpaired) electrons. The summed E-state index contributed by atoms with van der Waals surface area (Å²) in [6.07, 6.45) is 8.04. The van der Waals surface area contributed by atoms with Gasteiger partial charge < -0.3 is 9.47 Å². The first kappa shape index (κ1) is 17.2. The maximum atomic E-state index is 5.79. The van der Waals surface area contributed by atoms with Crippen LogP contribution in [0.4, 0.5) is 0 Å². The van der Waals surface area contributed by atoms with E-state index in [2.05, 4.69) is 23.2 Å². The standard InChI is InChI=1S/C21H24N2O2/c1-15(2)25-19-9-8-16(13-20(19)24-3)12-17-6-5-11-23-21(17)18-7-4-10-22-14-18/h4,7-10,12-15H,5-6,11H2,1-3H3. The normalized spacial score (nSPS) is 16.0. The topological polar surface area (TPSA) is 43.7 Å². The van der Waals surface area contributed by atoms with Crippen molar-refractivity contribution in [2.45, 2.75) is 32.8 Å². The van der Waals surface area contributed by atoms with Gasteiger partial charge in [0.15, 0.2) is 11.5 Å². The maximum absolute atomic E-state index is 5.79. The molecule has 0 saturated carbocycles. The molecule has 2 heterocycles. The Morgan fingerprint density at radius 1 is 1.16 bits per heavy atom. The highest BCUT2D eigenvalue weighted by atomic mass is 16.5. The van der Waals surface area contributed by atoms with E-state index in [4.69, 9.17) is 14.5 Å². The van der Waals surface area contributed by atoms with Crippen LogP contribution in [0.5, 0.6) is 11.5 Å². The second-order valence-electron chi connectivity index (χ2n) is 6.32. The summed E-state index contributed by atoms with van der Waals surface area (Å²) in [6.45, 7) is 4.88. The minimum atomic E-state index is 0.112. The van der Waals surface area contributed by atoms with Crippen molar-refractivity contribution in [1.29, 1.82) is 0 Å². The van der Waals surface area contributed by atoms with Crippen molar-refractivity contribution >= 4 is 11.8 Å².